The molecule has 0 aromatic heterocycles. The number of hydrogen-bond donors (Lipinski definition) is 0. The van der Waals surface area contributed by atoms with Crippen LogP contribution in [-0.4, -0.2) is 11.2 Å². The van der Waals surface area contributed by atoms with Gasteiger partial charge in [0, 0.05) is 0 Å². The van der Waals surface area contributed by atoms with Crippen molar-refractivity contribution in [3.63, 3.8) is 0 Å². The van der Waals surface area contributed by atoms with Crippen LogP contribution in [0.3, 0.4) is 0 Å². The van der Waals surface area contributed by atoms with Gasteiger partial charge in [0.15, 0.2) is 0 Å². The Morgan fingerprint density at radius 1 is 0.909 bits per heavy atom. The summed E-state index contributed by atoms with van der Waals surface area (Å²) in [6.07, 6.45) is 9.79. The molecule has 0 bridgehead atoms. The minimum atomic E-state index is -0.119. The van der Waals surface area contributed by atoms with E-state index >= 15 is 0 Å². The molecule has 1 heterocycles. The Kier molecular flexibility index (Phi) is 3.65. The second kappa shape index (κ2) is 4.85. The molecule has 22 heavy (non-hydrogen) atoms. The third-order valence-electron chi connectivity index (χ3n) is 8.37. The van der Waals surface area contributed by atoms with E-state index in [0.717, 1.165) is 18.3 Å². The van der Waals surface area contributed by atoms with Gasteiger partial charge in [-0.1, -0.05) is 33.8 Å². The second-order valence-corrected chi connectivity index (χ2v) is 9.88. The van der Waals surface area contributed by atoms with E-state index in [0.29, 0.717) is 16.7 Å². The van der Waals surface area contributed by atoms with Gasteiger partial charge in [-0.3, -0.25) is 0 Å². The topological polar surface area (TPSA) is 9.23 Å². The van der Waals surface area contributed by atoms with Crippen LogP contribution in [0, 0.1) is 28.6 Å². The monoisotopic (exact) mass is 304 g/mol. The predicted octanol–water partition coefficient (Wildman–Crippen LogP) is 5.99. The van der Waals surface area contributed by atoms with Gasteiger partial charge >= 0.3 is 0 Å². The highest BCUT2D eigenvalue weighted by Gasteiger charge is 2.62. The molecule has 1 saturated heterocycles. The first-order valence-corrected chi connectivity index (χ1v) is 9.41. The van der Waals surface area contributed by atoms with E-state index in [9.17, 15) is 0 Å². The SMILES string of the molecule is C=CC1(C)CCC2C(C)(CCC3C(C)(C)C(C)CCC23C)O1. The van der Waals surface area contributed by atoms with Crippen molar-refractivity contribution >= 4 is 0 Å². The first-order valence-electron chi connectivity index (χ1n) is 9.41. The second-order valence-electron chi connectivity index (χ2n) is 9.88. The Bertz CT molecular complexity index is 467. The summed E-state index contributed by atoms with van der Waals surface area (Å²) in [5.41, 5.74) is 0.841. The van der Waals surface area contributed by atoms with Crippen molar-refractivity contribution in [3.8, 4) is 0 Å². The van der Waals surface area contributed by atoms with Crippen molar-refractivity contribution in [3.05, 3.63) is 12.7 Å². The van der Waals surface area contributed by atoms with E-state index in [-0.39, 0.29) is 11.2 Å². The van der Waals surface area contributed by atoms with Crippen LogP contribution in [0.4, 0.5) is 0 Å². The number of rotatable bonds is 1. The summed E-state index contributed by atoms with van der Waals surface area (Å²) in [7, 11) is 0. The Morgan fingerprint density at radius 3 is 2.18 bits per heavy atom. The minimum absolute atomic E-state index is 0.0447. The lowest BCUT2D eigenvalue weighted by molar-refractivity contribution is -0.257. The summed E-state index contributed by atoms with van der Waals surface area (Å²) in [6.45, 7) is 18.8. The third-order valence-corrected chi connectivity index (χ3v) is 8.37. The van der Waals surface area contributed by atoms with E-state index in [1.807, 2.05) is 6.08 Å². The fraction of sp³-hybridized carbons (Fsp3) is 0.905. The quantitative estimate of drug-likeness (QED) is 0.541. The van der Waals surface area contributed by atoms with Crippen molar-refractivity contribution in [2.45, 2.75) is 91.3 Å². The molecule has 2 saturated carbocycles. The van der Waals surface area contributed by atoms with Crippen molar-refractivity contribution in [2.24, 2.45) is 28.6 Å². The number of fused-ring (bicyclic) bond motifs is 3. The average Bonchev–Trinajstić information content (AvgIpc) is 2.42. The molecule has 0 N–H and O–H groups in total. The van der Waals surface area contributed by atoms with Gasteiger partial charge in [-0.15, -0.1) is 6.58 Å². The first-order chi connectivity index (χ1) is 10.1. The molecule has 6 unspecified atom stereocenters. The highest BCUT2D eigenvalue weighted by molar-refractivity contribution is 5.13. The smallest absolute Gasteiger partial charge is 0.0839 e. The molecule has 126 valence electrons. The third kappa shape index (κ3) is 2.14. The average molecular weight is 305 g/mol. The molecule has 2 aliphatic carbocycles. The van der Waals surface area contributed by atoms with E-state index in [1.54, 1.807) is 0 Å². The number of hydrogen-bond acceptors (Lipinski definition) is 1. The van der Waals surface area contributed by atoms with Gasteiger partial charge in [-0.25, -0.2) is 0 Å². The van der Waals surface area contributed by atoms with Gasteiger partial charge in [0.1, 0.15) is 0 Å². The van der Waals surface area contributed by atoms with Crippen LogP contribution in [0.15, 0.2) is 12.7 Å². The summed E-state index contributed by atoms with van der Waals surface area (Å²) in [6, 6.07) is 0. The predicted molar refractivity (Wildman–Crippen MR) is 93.8 cm³/mol. The molecule has 1 nitrogen and oxygen atoms in total. The van der Waals surface area contributed by atoms with Crippen molar-refractivity contribution in [1.82, 2.24) is 0 Å². The maximum absolute atomic E-state index is 6.71. The van der Waals surface area contributed by atoms with Crippen molar-refractivity contribution < 1.29 is 4.74 Å². The lowest BCUT2D eigenvalue weighted by Gasteiger charge is -2.66. The molecule has 0 aromatic carbocycles. The zero-order valence-electron chi connectivity index (χ0n) is 15.7. The van der Waals surface area contributed by atoms with E-state index in [1.165, 1.54) is 32.1 Å². The Morgan fingerprint density at radius 2 is 1.55 bits per heavy atom. The Labute approximate surface area is 137 Å². The van der Waals surface area contributed by atoms with E-state index in [4.69, 9.17) is 4.74 Å². The molecule has 6 atom stereocenters. The van der Waals surface area contributed by atoms with Crippen LogP contribution >= 0.6 is 0 Å². The molecule has 3 aliphatic rings. The summed E-state index contributed by atoms with van der Waals surface area (Å²) in [5, 5.41) is 0. The highest BCUT2D eigenvalue weighted by atomic mass is 16.5. The van der Waals surface area contributed by atoms with Gasteiger partial charge in [-0.2, -0.15) is 0 Å². The van der Waals surface area contributed by atoms with Crippen LogP contribution in [0.2, 0.25) is 0 Å². The zero-order valence-corrected chi connectivity index (χ0v) is 15.7. The van der Waals surface area contributed by atoms with Gasteiger partial charge in [0.25, 0.3) is 0 Å². The maximum atomic E-state index is 6.71. The molecule has 3 rings (SSSR count). The summed E-state index contributed by atoms with van der Waals surface area (Å²) < 4.78 is 6.71. The molecule has 0 radical (unpaired) electrons. The Hall–Kier alpha value is -0.300. The summed E-state index contributed by atoms with van der Waals surface area (Å²) in [4.78, 5) is 0. The molecule has 3 fully saturated rings. The summed E-state index contributed by atoms with van der Waals surface area (Å²) >= 11 is 0. The standard InChI is InChI=1S/C21H36O/c1-8-19(5)12-10-17-20(6)13-9-15(2)18(3,4)16(20)11-14-21(17,7)22-19/h8,15-17H,1,9-14H2,2-7H3. The van der Waals surface area contributed by atoms with Crippen LogP contribution in [0.25, 0.3) is 0 Å². The molecule has 0 spiro atoms. The normalized spacial score (nSPS) is 54.2. The molecule has 0 amide bonds. The van der Waals surface area contributed by atoms with E-state index in [2.05, 4.69) is 48.1 Å². The van der Waals surface area contributed by atoms with Crippen LogP contribution in [0.1, 0.15) is 80.1 Å². The van der Waals surface area contributed by atoms with Gasteiger partial charge < -0.3 is 4.74 Å². The maximum Gasteiger partial charge on any atom is 0.0839 e. The first kappa shape index (κ1) is 16.6. The van der Waals surface area contributed by atoms with Crippen molar-refractivity contribution in [2.75, 3.05) is 0 Å². The molecule has 1 aliphatic heterocycles. The largest absolute Gasteiger partial charge is 0.365 e. The van der Waals surface area contributed by atoms with Crippen molar-refractivity contribution in [1.29, 1.82) is 0 Å². The molecule has 0 aromatic rings. The lowest BCUT2D eigenvalue weighted by Crippen LogP contribution is -2.63. The fourth-order valence-electron chi connectivity index (χ4n) is 6.60. The lowest BCUT2D eigenvalue weighted by atomic mass is 9.42. The van der Waals surface area contributed by atoms with Crippen LogP contribution < -0.4 is 0 Å². The van der Waals surface area contributed by atoms with E-state index < -0.39 is 0 Å². The molecule has 1 heteroatoms. The van der Waals surface area contributed by atoms with Crippen LogP contribution in [-0.2, 0) is 4.74 Å². The highest BCUT2D eigenvalue weighted by Crippen LogP contribution is 2.66. The minimum Gasteiger partial charge on any atom is -0.365 e. The zero-order chi connectivity index (χ0) is 16.4. The number of ether oxygens (including phenoxy) is 1. The molecular formula is C21H36O. The molecular weight excluding hydrogens is 268 g/mol. The van der Waals surface area contributed by atoms with Crippen LogP contribution in [0.5, 0.6) is 0 Å². The fourth-order valence-corrected chi connectivity index (χ4v) is 6.60. The summed E-state index contributed by atoms with van der Waals surface area (Å²) in [5.74, 6) is 2.40. The van der Waals surface area contributed by atoms with Gasteiger partial charge in [-0.05, 0) is 81.0 Å². The van der Waals surface area contributed by atoms with Gasteiger partial charge in [0.05, 0.1) is 11.2 Å². The Balaban J connectivity index is 1.95. The van der Waals surface area contributed by atoms with Gasteiger partial charge in [0.2, 0.25) is 0 Å².